The Bertz CT molecular complexity index is 614. The smallest absolute Gasteiger partial charge is 0.175 e. The van der Waals surface area contributed by atoms with E-state index in [9.17, 15) is 13.6 Å². The summed E-state index contributed by atoms with van der Waals surface area (Å²) >= 11 is 1.27. The van der Waals surface area contributed by atoms with E-state index in [1.54, 1.807) is 12.1 Å². The summed E-state index contributed by atoms with van der Waals surface area (Å²) in [4.78, 5) is 13.2. The van der Waals surface area contributed by atoms with Gasteiger partial charge in [0.25, 0.3) is 0 Å². The van der Waals surface area contributed by atoms with Gasteiger partial charge in [0.1, 0.15) is 11.6 Å². The molecule has 0 spiro atoms. The van der Waals surface area contributed by atoms with Crippen LogP contribution < -0.4 is 0 Å². The average molecular weight is 264 g/mol. The van der Waals surface area contributed by atoms with Crippen LogP contribution in [0.5, 0.6) is 0 Å². The number of Topliss-reactive ketones (excluding diaryl/α,β-unsaturated/α-hetero) is 1. The Balaban J connectivity index is 1.94. The maximum atomic E-state index is 13.6. The van der Waals surface area contributed by atoms with Crippen molar-refractivity contribution in [1.82, 2.24) is 0 Å². The zero-order valence-corrected chi connectivity index (χ0v) is 10.3. The van der Waals surface area contributed by atoms with Crippen molar-refractivity contribution in [3.8, 4) is 10.4 Å². The monoisotopic (exact) mass is 264 g/mol. The van der Waals surface area contributed by atoms with E-state index in [2.05, 4.69) is 0 Å². The molecule has 1 aliphatic rings. The van der Waals surface area contributed by atoms with Crippen LogP contribution in [0.2, 0.25) is 0 Å². The molecule has 1 fully saturated rings. The highest BCUT2D eigenvalue weighted by Gasteiger charge is 2.31. The average Bonchev–Trinajstić information content (AvgIpc) is 3.07. The third kappa shape index (κ3) is 2.08. The van der Waals surface area contributed by atoms with Gasteiger partial charge in [0.2, 0.25) is 0 Å². The molecule has 0 unspecified atom stereocenters. The number of halogens is 2. The topological polar surface area (TPSA) is 17.1 Å². The van der Waals surface area contributed by atoms with Gasteiger partial charge >= 0.3 is 0 Å². The number of rotatable bonds is 3. The highest BCUT2D eigenvalue weighted by atomic mass is 32.1. The highest BCUT2D eigenvalue weighted by Crippen LogP contribution is 2.37. The quantitative estimate of drug-likeness (QED) is 0.756. The molecule has 0 aliphatic heterocycles. The summed E-state index contributed by atoms with van der Waals surface area (Å²) in [5.74, 6) is -0.882. The van der Waals surface area contributed by atoms with Gasteiger partial charge in [0, 0.05) is 22.4 Å². The van der Waals surface area contributed by atoms with Gasteiger partial charge in [0.05, 0.1) is 4.88 Å². The zero-order chi connectivity index (χ0) is 12.7. The summed E-state index contributed by atoms with van der Waals surface area (Å²) in [7, 11) is 0. The number of carbonyl (C=O) groups excluding carboxylic acids is 1. The molecule has 0 radical (unpaired) electrons. The molecule has 1 aliphatic carbocycles. The van der Waals surface area contributed by atoms with Gasteiger partial charge in [-0.15, -0.1) is 11.3 Å². The minimum Gasteiger partial charge on any atom is -0.293 e. The lowest BCUT2D eigenvalue weighted by atomic mass is 10.1. The van der Waals surface area contributed by atoms with Gasteiger partial charge in [0.15, 0.2) is 5.78 Å². The summed E-state index contributed by atoms with van der Waals surface area (Å²) < 4.78 is 26.4. The molecule has 0 N–H and O–H groups in total. The third-order valence-corrected chi connectivity index (χ3v) is 4.13. The molecule has 2 aromatic rings. The Morgan fingerprint density at radius 1 is 1.17 bits per heavy atom. The van der Waals surface area contributed by atoms with Crippen LogP contribution in [0.4, 0.5) is 8.78 Å². The molecule has 3 rings (SSSR count). The van der Waals surface area contributed by atoms with Crippen LogP contribution in [0.1, 0.15) is 22.5 Å². The van der Waals surface area contributed by atoms with E-state index in [0.717, 1.165) is 18.9 Å². The predicted octanol–water partition coefficient (Wildman–Crippen LogP) is 4.29. The number of hydrogen-bond donors (Lipinski definition) is 0. The van der Waals surface area contributed by atoms with Crippen molar-refractivity contribution >= 4 is 17.1 Å². The number of thiophene rings is 1. The number of carbonyl (C=O) groups is 1. The maximum Gasteiger partial charge on any atom is 0.175 e. The first-order valence-corrected chi connectivity index (χ1v) is 6.56. The van der Waals surface area contributed by atoms with Crippen molar-refractivity contribution < 1.29 is 13.6 Å². The first kappa shape index (κ1) is 11.5. The van der Waals surface area contributed by atoms with Crippen molar-refractivity contribution in [3.05, 3.63) is 46.8 Å². The molecule has 92 valence electrons. The van der Waals surface area contributed by atoms with Crippen LogP contribution in [-0.4, -0.2) is 5.78 Å². The van der Waals surface area contributed by atoms with Gasteiger partial charge < -0.3 is 0 Å². The molecular weight excluding hydrogens is 254 g/mol. The summed E-state index contributed by atoms with van der Waals surface area (Å²) in [5.41, 5.74) is 0.344. The van der Waals surface area contributed by atoms with Crippen LogP contribution in [0.15, 0.2) is 30.3 Å². The first-order chi connectivity index (χ1) is 8.65. The first-order valence-electron chi connectivity index (χ1n) is 5.74. The van der Waals surface area contributed by atoms with Crippen molar-refractivity contribution in [3.63, 3.8) is 0 Å². The van der Waals surface area contributed by atoms with Gasteiger partial charge in [-0.2, -0.15) is 0 Å². The predicted molar refractivity (Wildman–Crippen MR) is 66.7 cm³/mol. The molecule has 1 nitrogen and oxygen atoms in total. The van der Waals surface area contributed by atoms with E-state index in [1.165, 1.54) is 23.5 Å². The van der Waals surface area contributed by atoms with Crippen molar-refractivity contribution in [2.45, 2.75) is 12.8 Å². The van der Waals surface area contributed by atoms with E-state index < -0.39 is 11.6 Å². The standard InChI is InChI=1S/C14H10F2OS/c15-9-3-4-10(11(16)7-9)12-5-6-13(18-12)14(17)8-1-2-8/h3-8H,1-2H2. The Morgan fingerprint density at radius 3 is 2.61 bits per heavy atom. The SMILES string of the molecule is O=C(c1ccc(-c2ccc(F)cc2F)s1)C1CC1. The van der Waals surface area contributed by atoms with E-state index in [0.29, 0.717) is 15.3 Å². The van der Waals surface area contributed by atoms with Crippen LogP contribution in [0.25, 0.3) is 10.4 Å². The van der Waals surface area contributed by atoms with Gasteiger partial charge in [-0.1, -0.05) is 0 Å². The largest absolute Gasteiger partial charge is 0.293 e. The molecule has 0 amide bonds. The van der Waals surface area contributed by atoms with Crippen LogP contribution >= 0.6 is 11.3 Å². The molecule has 1 aromatic carbocycles. The Labute approximate surface area is 107 Å². The Hall–Kier alpha value is -1.55. The molecule has 0 saturated heterocycles. The van der Waals surface area contributed by atoms with Crippen molar-refractivity contribution in [1.29, 1.82) is 0 Å². The lowest BCUT2D eigenvalue weighted by molar-refractivity contribution is 0.0971. The van der Waals surface area contributed by atoms with Crippen LogP contribution in [0.3, 0.4) is 0 Å². The normalized spacial score (nSPS) is 14.8. The van der Waals surface area contributed by atoms with E-state index in [-0.39, 0.29) is 11.7 Å². The zero-order valence-electron chi connectivity index (χ0n) is 9.45. The molecule has 1 aromatic heterocycles. The fourth-order valence-corrected chi connectivity index (χ4v) is 2.90. The Kier molecular flexibility index (Phi) is 2.74. The minimum absolute atomic E-state index is 0.147. The summed E-state index contributed by atoms with van der Waals surface area (Å²) in [5, 5.41) is 0. The lowest BCUT2D eigenvalue weighted by Gasteiger charge is -1.99. The molecule has 1 heterocycles. The van der Waals surface area contributed by atoms with E-state index in [4.69, 9.17) is 0 Å². The summed E-state index contributed by atoms with van der Waals surface area (Å²) in [6.45, 7) is 0. The van der Waals surface area contributed by atoms with Crippen LogP contribution in [0, 0.1) is 17.6 Å². The summed E-state index contributed by atoms with van der Waals surface area (Å²) in [6, 6.07) is 6.93. The van der Waals surface area contributed by atoms with Crippen molar-refractivity contribution in [2.75, 3.05) is 0 Å². The second-order valence-corrected chi connectivity index (χ2v) is 5.51. The molecule has 18 heavy (non-hydrogen) atoms. The second-order valence-electron chi connectivity index (χ2n) is 4.43. The van der Waals surface area contributed by atoms with E-state index in [1.807, 2.05) is 0 Å². The molecule has 4 heteroatoms. The maximum absolute atomic E-state index is 13.6. The van der Waals surface area contributed by atoms with E-state index >= 15 is 0 Å². The van der Waals surface area contributed by atoms with Crippen LogP contribution in [-0.2, 0) is 0 Å². The molecule has 0 atom stereocenters. The van der Waals surface area contributed by atoms with Crippen molar-refractivity contribution in [2.24, 2.45) is 5.92 Å². The van der Waals surface area contributed by atoms with Gasteiger partial charge in [-0.05, 0) is 37.1 Å². The van der Waals surface area contributed by atoms with Gasteiger partial charge in [-0.3, -0.25) is 4.79 Å². The lowest BCUT2D eigenvalue weighted by Crippen LogP contribution is -1.96. The number of hydrogen-bond acceptors (Lipinski definition) is 2. The van der Waals surface area contributed by atoms with Gasteiger partial charge in [-0.25, -0.2) is 8.78 Å². The third-order valence-electron chi connectivity index (χ3n) is 2.99. The highest BCUT2D eigenvalue weighted by molar-refractivity contribution is 7.17. The summed E-state index contributed by atoms with van der Waals surface area (Å²) in [6.07, 6.45) is 1.91. The molecule has 0 bridgehead atoms. The fourth-order valence-electron chi connectivity index (χ4n) is 1.85. The second kappa shape index (κ2) is 4.28. The Morgan fingerprint density at radius 2 is 1.94 bits per heavy atom. The molecular formula is C14H10F2OS. The number of benzene rings is 1. The number of ketones is 1. The minimum atomic E-state index is -0.595. The molecule has 1 saturated carbocycles. The fraction of sp³-hybridized carbons (Fsp3) is 0.214.